The third kappa shape index (κ3) is 9.14. The maximum atomic E-state index is 12.3. The molecule has 1 aromatic rings. The van der Waals surface area contributed by atoms with Crippen LogP contribution in [0.4, 0.5) is 0 Å². The molecule has 1 aromatic carbocycles. The number of nitrogens with one attached hydrogen (secondary N) is 2. The highest BCUT2D eigenvalue weighted by atomic mass is 16.1. The summed E-state index contributed by atoms with van der Waals surface area (Å²) in [6.07, 6.45) is 3.91. The van der Waals surface area contributed by atoms with Crippen LogP contribution < -0.4 is 10.6 Å². The highest BCUT2D eigenvalue weighted by Gasteiger charge is 2.21. The smallest absolute Gasteiger partial charge is 0.220 e. The van der Waals surface area contributed by atoms with Crippen molar-refractivity contribution in [3.8, 4) is 0 Å². The number of amides is 1. The molecule has 0 aliphatic rings. The summed E-state index contributed by atoms with van der Waals surface area (Å²) in [5, 5.41) is 6.32. The summed E-state index contributed by atoms with van der Waals surface area (Å²) in [5.41, 5.74) is 2.53. The molecule has 4 nitrogen and oxygen atoms in total. The van der Waals surface area contributed by atoms with E-state index in [-0.39, 0.29) is 29.7 Å². The van der Waals surface area contributed by atoms with Gasteiger partial charge in [-0.2, -0.15) is 0 Å². The van der Waals surface area contributed by atoms with Crippen LogP contribution in [-0.2, 0) is 16.0 Å². The number of Topliss-reactive ketones (excluding diaryl/α,β-unsaturated/α-hetero) is 1. The van der Waals surface area contributed by atoms with Gasteiger partial charge in [0.05, 0.1) is 6.04 Å². The van der Waals surface area contributed by atoms with Crippen molar-refractivity contribution >= 4 is 11.7 Å². The first-order valence-corrected chi connectivity index (χ1v) is 9.91. The van der Waals surface area contributed by atoms with Crippen LogP contribution in [0, 0.1) is 12.8 Å². The molecule has 0 aromatic heterocycles. The summed E-state index contributed by atoms with van der Waals surface area (Å²) in [5.74, 6) is 0.381. The Kier molecular flexibility index (Phi) is 10.2. The fourth-order valence-electron chi connectivity index (χ4n) is 2.94. The van der Waals surface area contributed by atoms with Gasteiger partial charge in [0.2, 0.25) is 5.91 Å². The van der Waals surface area contributed by atoms with Crippen LogP contribution in [0.2, 0.25) is 0 Å². The number of carbonyl (C=O) groups is 2. The SMILES string of the molecule is Cc1ccc(CCCC(=O)NCCCC(NC(C)C)C(=O)C(C)C)cc1. The molecule has 1 rings (SSSR count). The highest BCUT2D eigenvalue weighted by molar-refractivity contribution is 5.85. The summed E-state index contributed by atoms with van der Waals surface area (Å²) in [7, 11) is 0. The fraction of sp³-hybridized carbons (Fsp3) is 0.636. The Morgan fingerprint density at radius 3 is 2.23 bits per heavy atom. The molecule has 0 aliphatic heterocycles. The Morgan fingerprint density at radius 1 is 1.00 bits per heavy atom. The molecule has 0 fully saturated rings. The third-order valence-electron chi connectivity index (χ3n) is 4.43. The molecule has 1 unspecified atom stereocenters. The molecule has 0 spiro atoms. The van der Waals surface area contributed by atoms with E-state index in [9.17, 15) is 9.59 Å². The van der Waals surface area contributed by atoms with Crippen molar-refractivity contribution in [1.29, 1.82) is 0 Å². The lowest BCUT2D eigenvalue weighted by molar-refractivity contribution is -0.124. The molecule has 0 bridgehead atoms. The minimum atomic E-state index is -0.117. The first-order valence-electron chi connectivity index (χ1n) is 9.91. The standard InChI is InChI=1S/C22H36N2O2/c1-16(2)22(26)20(24-17(3)4)9-7-15-23-21(25)10-6-8-19-13-11-18(5)12-14-19/h11-14,16-17,20,24H,6-10,15H2,1-5H3,(H,23,25). The van der Waals surface area contributed by atoms with Crippen LogP contribution in [0.3, 0.4) is 0 Å². The molecule has 0 saturated carbocycles. The lowest BCUT2D eigenvalue weighted by Crippen LogP contribution is -2.43. The zero-order valence-electron chi connectivity index (χ0n) is 17.1. The summed E-state index contributed by atoms with van der Waals surface area (Å²) in [6.45, 7) is 10.7. The Labute approximate surface area is 159 Å². The number of rotatable bonds is 12. The predicted octanol–water partition coefficient (Wildman–Crippen LogP) is 3.81. The second-order valence-electron chi connectivity index (χ2n) is 7.76. The lowest BCUT2D eigenvalue weighted by atomic mass is 9.97. The van der Waals surface area contributed by atoms with E-state index >= 15 is 0 Å². The number of carbonyl (C=O) groups excluding carboxylic acids is 2. The van der Waals surface area contributed by atoms with Gasteiger partial charge < -0.3 is 10.6 Å². The fourth-order valence-corrected chi connectivity index (χ4v) is 2.94. The van der Waals surface area contributed by atoms with E-state index in [0.717, 1.165) is 25.7 Å². The van der Waals surface area contributed by atoms with Gasteiger partial charge in [-0.05, 0) is 38.2 Å². The van der Waals surface area contributed by atoms with Crippen molar-refractivity contribution in [2.24, 2.45) is 5.92 Å². The molecule has 0 aliphatic carbocycles. The van der Waals surface area contributed by atoms with E-state index in [0.29, 0.717) is 13.0 Å². The Balaban J connectivity index is 2.23. The third-order valence-corrected chi connectivity index (χ3v) is 4.43. The average molecular weight is 361 g/mol. The maximum absolute atomic E-state index is 12.3. The van der Waals surface area contributed by atoms with Crippen LogP contribution in [0.1, 0.15) is 64.5 Å². The topological polar surface area (TPSA) is 58.2 Å². The average Bonchev–Trinajstić information content (AvgIpc) is 2.58. The van der Waals surface area contributed by atoms with Gasteiger partial charge in [-0.15, -0.1) is 0 Å². The van der Waals surface area contributed by atoms with Gasteiger partial charge in [0.15, 0.2) is 5.78 Å². The molecular formula is C22H36N2O2. The Bertz CT molecular complexity index is 550. The van der Waals surface area contributed by atoms with Crippen LogP contribution in [0.15, 0.2) is 24.3 Å². The number of hydrogen-bond acceptors (Lipinski definition) is 3. The molecule has 2 N–H and O–H groups in total. The van der Waals surface area contributed by atoms with Crippen LogP contribution in [0.25, 0.3) is 0 Å². The molecule has 1 amide bonds. The van der Waals surface area contributed by atoms with E-state index in [1.807, 2.05) is 13.8 Å². The van der Waals surface area contributed by atoms with Gasteiger partial charge in [-0.3, -0.25) is 9.59 Å². The van der Waals surface area contributed by atoms with Crippen LogP contribution in [-0.4, -0.2) is 30.3 Å². The zero-order chi connectivity index (χ0) is 19.5. The molecule has 146 valence electrons. The van der Waals surface area contributed by atoms with E-state index in [1.165, 1.54) is 11.1 Å². The number of hydrogen-bond donors (Lipinski definition) is 2. The minimum Gasteiger partial charge on any atom is -0.356 e. The van der Waals surface area contributed by atoms with Gasteiger partial charge in [-0.25, -0.2) is 0 Å². The van der Waals surface area contributed by atoms with Crippen molar-refractivity contribution in [3.63, 3.8) is 0 Å². The molecule has 0 heterocycles. The quantitative estimate of drug-likeness (QED) is 0.557. The highest BCUT2D eigenvalue weighted by Crippen LogP contribution is 2.08. The van der Waals surface area contributed by atoms with E-state index in [4.69, 9.17) is 0 Å². The van der Waals surface area contributed by atoms with E-state index in [2.05, 4.69) is 55.7 Å². The summed E-state index contributed by atoms with van der Waals surface area (Å²) >= 11 is 0. The van der Waals surface area contributed by atoms with Gasteiger partial charge >= 0.3 is 0 Å². The van der Waals surface area contributed by atoms with Gasteiger partial charge in [0.25, 0.3) is 0 Å². The minimum absolute atomic E-state index is 0.0302. The summed E-state index contributed by atoms with van der Waals surface area (Å²) < 4.78 is 0. The summed E-state index contributed by atoms with van der Waals surface area (Å²) in [6, 6.07) is 8.62. The summed E-state index contributed by atoms with van der Waals surface area (Å²) in [4.78, 5) is 24.2. The molecular weight excluding hydrogens is 324 g/mol. The van der Waals surface area contributed by atoms with Gasteiger partial charge in [0.1, 0.15) is 0 Å². The zero-order valence-corrected chi connectivity index (χ0v) is 17.1. The monoisotopic (exact) mass is 360 g/mol. The number of benzene rings is 1. The molecule has 4 heteroatoms. The number of aryl methyl sites for hydroxylation is 2. The molecule has 1 atom stereocenters. The van der Waals surface area contributed by atoms with Crippen molar-refractivity contribution in [3.05, 3.63) is 35.4 Å². The van der Waals surface area contributed by atoms with Crippen molar-refractivity contribution in [2.75, 3.05) is 6.54 Å². The normalized spacial score (nSPS) is 12.4. The lowest BCUT2D eigenvalue weighted by Gasteiger charge is -2.22. The second kappa shape index (κ2) is 11.8. The largest absolute Gasteiger partial charge is 0.356 e. The van der Waals surface area contributed by atoms with E-state index < -0.39 is 0 Å². The van der Waals surface area contributed by atoms with Gasteiger partial charge in [-0.1, -0.05) is 57.5 Å². The van der Waals surface area contributed by atoms with Crippen molar-refractivity contribution < 1.29 is 9.59 Å². The molecule has 0 saturated heterocycles. The van der Waals surface area contributed by atoms with Crippen LogP contribution >= 0.6 is 0 Å². The van der Waals surface area contributed by atoms with Crippen molar-refractivity contribution in [2.45, 2.75) is 78.8 Å². The second-order valence-corrected chi connectivity index (χ2v) is 7.76. The first kappa shape index (κ1) is 22.4. The van der Waals surface area contributed by atoms with Crippen LogP contribution in [0.5, 0.6) is 0 Å². The Morgan fingerprint density at radius 2 is 1.65 bits per heavy atom. The molecule has 26 heavy (non-hydrogen) atoms. The first-order chi connectivity index (χ1) is 12.3. The predicted molar refractivity (Wildman–Crippen MR) is 108 cm³/mol. The van der Waals surface area contributed by atoms with E-state index in [1.54, 1.807) is 0 Å². The van der Waals surface area contributed by atoms with Crippen molar-refractivity contribution in [1.82, 2.24) is 10.6 Å². The molecule has 0 radical (unpaired) electrons. The number of ketones is 1. The maximum Gasteiger partial charge on any atom is 0.220 e. The Hall–Kier alpha value is -1.68. The van der Waals surface area contributed by atoms with Gasteiger partial charge in [0, 0.05) is 24.9 Å².